The van der Waals surface area contributed by atoms with Gasteiger partial charge in [-0.05, 0) is 38.1 Å². The van der Waals surface area contributed by atoms with Gasteiger partial charge in [0.2, 0.25) is 0 Å². The molecule has 98 valence electrons. The zero-order valence-corrected chi connectivity index (χ0v) is 11.2. The lowest BCUT2D eigenvalue weighted by Crippen LogP contribution is -2.40. The fourth-order valence-corrected chi connectivity index (χ4v) is 3.46. The Kier molecular flexibility index (Phi) is 5.02. The zero-order valence-electron chi connectivity index (χ0n) is 11.2. The highest BCUT2D eigenvalue weighted by molar-refractivity contribution is 5.81. The number of piperidine rings is 1. The Labute approximate surface area is 106 Å². The van der Waals surface area contributed by atoms with Gasteiger partial charge in [-0.1, -0.05) is 32.6 Å². The summed E-state index contributed by atoms with van der Waals surface area (Å²) in [6, 6.07) is 0.475. The summed E-state index contributed by atoms with van der Waals surface area (Å²) in [5, 5.41) is 3.53. The van der Waals surface area contributed by atoms with Crippen LogP contribution in [0.3, 0.4) is 0 Å². The van der Waals surface area contributed by atoms with E-state index < -0.39 is 0 Å². The summed E-state index contributed by atoms with van der Waals surface area (Å²) >= 11 is 0. The van der Waals surface area contributed by atoms with Crippen molar-refractivity contribution in [1.82, 2.24) is 5.32 Å². The minimum absolute atomic E-state index is 0.396. The second-order valence-electron chi connectivity index (χ2n) is 5.96. The number of carbonyl (C=O) groups is 1. The standard InChI is InChI=1S/C15H27NO/c1-2-12-8-9-16-14(10-12)11-15(17)13-6-4-3-5-7-13/h12-14,16H,2-11H2,1H3. The maximum Gasteiger partial charge on any atom is 0.137 e. The van der Waals surface area contributed by atoms with Crippen LogP contribution in [0.2, 0.25) is 0 Å². The number of nitrogens with one attached hydrogen (secondary N) is 1. The van der Waals surface area contributed by atoms with Crippen molar-refractivity contribution >= 4 is 5.78 Å². The van der Waals surface area contributed by atoms with Gasteiger partial charge in [0.15, 0.2) is 0 Å². The highest BCUT2D eigenvalue weighted by Gasteiger charge is 2.26. The first kappa shape index (κ1) is 13.1. The summed E-state index contributed by atoms with van der Waals surface area (Å²) < 4.78 is 0. The van der Waals surface area contributed by atoms with Crippen molar-refractivity contribution < 1.29 is 4.79 Å². The van der Waals surface area contributed by atoms with Gasteiger partial charge in [-0.2, -0.15) is 0 Å². The zero-order chi connectivity index (χ0) is 12.1. The van der Waals surface area contributed by atoms with E-state index in [1.807, 2.05) is 0 Å². The SMILES string of the molecule is CCC1CCNC(CC(=O)C2CCCCC2)C1. The average Bonchev–Trinajstić information content (AvgIpc) is 2.40. The summed E-state index contributed by atoms with van der Waals surface area (Å²) in [5.41, 5.74) is 0. The van der Waals surface area contributed by atoms with Gasteiger partial charge in [-0.3, -0.25) is 4.79 Å². The van der Waals surface area contributed by atoms with E-state index in [9.17, 15) is 4.79 Å². The molecule has 0 aromatic rings. The Morgan fingerprint density at radius 2 is 1.94 bits per heavy atom. The number of hydrogen-bond acceptors (Lipinski definition) is 2. The van der Waals surface area contributed by atoms with Gasteiger partial charge in [-0.25, -0.2) is 0 Å². The highest BCUT2D eigenvalue weighted by Crippen LogP contribution is 2.27. The molecule has 0 spiro atoms. The Morgan fingerprint density at radius 1 is 1.18 bits per heavy atom. The van der Waals surface area contributed by atoms with Crippen molar-refractivity contribution in [3.63, 3.8) is 0 Å². The van der Waals surface area contributed by atoms with Gasteiger partial charge in [0.25, 0.3) is 0 Å². The first-order chi connectivity index (χ1) is 8.29. The van der Waals surface area contributed by atoms with Crippen molar-refractivity contribution in [3.05, 3.63) is 0 Å². The largest absolute Gasteiger partial charge is 0.314 e. The molecule has 2 unspecified atom stereocenters. The Bertz CT molecular complexity index is 245. The molecule has 2 atom stereocenters. The van der Waals surface area contributed by atoms with Crippen molar-refractivity contribution in [2.24, 2.45) is 11.8 Å². The van der Waals surface area contributed by atoms with Gasteiger partial charge in [0, 0.05) is 18.4 Å². The Balaban J connectivity index is 1.77. The van der Waals surface area contributed by atoms with Crippen LogP contribution in [0.5, 0.6) is 0 Å². The van der Waals surface area contributed by atoms with Gasteiger partial charge in [-0.15, -0.1) is 0 Å². The smallest absolute Gasteiger partial charge is 0.137 e. The molecule has 1 heterocycles. The van der Waals surface area contributed by atoms with E-state index in [1.165, 1.54) is 38.5 Å². The topological polar surface area (TPSA) is 29.1 Å². The first-order valence-electron chi connectivity index (χ1n) is 7.55. The van der Waals surface area contributed by atoms with E-state index in [-0.39, 0.29) is 0 Å². The Hall–Kier alpha value is -0.370. The van der Waals surface area contributed by atoms with E-state index in [2.05, 4.69) is 12.2 Å². The van der Waals surface area contributed by atoms with E-state index in [0.717, 1.165) is 31.7 Å². The number of Topliss-reactive ketones (excluding diaryl/α,β-unsaturated/α-hetero) is 1. The molecule has 0 bridgehead atoms. The van der Waals surface area contributed by atoms with Gasteiger partial charge < -0.3 is 5.32 Å². The minimum atomic E-state index is 0.396. The molecular formula is C15H27NO. The van der Waals surface area contributed by atoms with Crippen LogP contribution >= 0.6 is 0 Å². The van der Waals surface area contributed by atoms with E-state index in [0.29, 0.717) is 17.7 Å². The molecule has 2 rings (SSSR count). The average molecular weight is 237 g/mol. The number of hydrogen-bond donors (Lipinski definition) is 1. The maximum atomic E-state index is 12.2. The summed E-state index contributed by atoms with van der Waals surface area (Å²) in [4.78, 5) is 12.2. The van der Waals surface area contributed by atoms with Gasteiger partial charge in [0.05, 0.1) is 0 Å². The summed E-state index contributed by atoms with van der Waals surface area (Å²) in [6.45, 7) is 3.39. The lowest BCUT2D eigenvalue weighted by molar-refractivity contribution is -0.124. The number of carbonyl (C=O) groups excluding carboxylic acids is 1. The molecule has 1 saturated heterocycles. The number of rotatable bonds is 4. The van der Waals surface area contributed by atoms with Crippen LogP contribution < -0.4 is 5.32 Å². The predicted molar refractivity (Wildman–Crippen MR) is 71.0 cm³/mol. The van der Waals surface area contributed by atoms with Crippen LogP contribution in [0, 0.1) is 11.8 Å². The molecule has 1 saturated carbocycles. The molecule has 0 aromatic heterocycles. The van der Waals surface area contributed by atoms with Crippen molar-refractivity contribution in [2.45, 2.75) is 70.8 Å². The van der Waals surface area contributed by atoms with Crippen LogP contribution in [0.1, 0.15) is 64.7 Å². The third-order valence-electron chi connectivity index (χ3n) is 4.69. The van der Waals surface area contributed by atoms with Crippen LogP contribution in [-0.4, -0.2) is 18.4 Å². The van der Waals surface area contributed by atoms with E-state index in [1.54, 1.807) is 0 Å². The van der Waals surface area contributed by atoms with Gasteiger partial charge >= 0.3 is 0 Å². The summed E-state index contributed by atoms with van der Waals surface area (Å²) in [6.07, 6.45) is 10.8. The van der Waals surface area contributed by atoms with Crippen molar-refractivity contribution in [2.75, 3.05) is 6.54 Å². The molecular weight excluding hydrogens is 210 g/mol. The third kappa shape index (κ3) is 3.80. The monoisotopic (exact) mass is 237 g/mol. The molecule has 0 aromatic carbocycles. The molecule has 0 amide bonds. The van der Waals surface area contributed by atoms with E-state index in [4.69, 9.17) is 0 Å². The quantitative estimate of drug-likeness (QED) is 0.813. The van der Waals surface area contributed by atoms with Crippen LogP contribution in [0.4, 0.5) is 0 Å². The summed E-state index contributed by atoms with van der Waals surface area (Å²) in [7, 11) is 0. The van der Waals surface area contributed by atoms with Crippen LogP contribution in [0.25, 0.3) is 0 Å². The maximum absolute atomic E-state index is 12.2. The molecule has 1 aliphatic heterocycles. The van der Waals surface area contributed by atoms with Gasteiger partial charge in [0.1, 0.15) is 5.78 Å². The molecule has 17 heavy (non-hydrogen) atoms. The molecule has 2 aliphatic rings. The minimum Gasteiger partial charge on any atom is -0.314 e. The van der Waals surface area contributed by atoms with E-state index >= 15 is 0 Å². The molecule has 2 heteroatoms. The van der Waals surface area contributed by atoms with Crippen molar-refractivity contribution in [3.8, 4) is 0 Å². The molecule has 2 nitrogen and oxygen atoms in total. The third-order valence-corrected chi connectivity index (χ3v) is 4.69. The highest BCUT2D eigenvalue weighted by atomic mass is 16.1. The predicted octanol–water partition coefficient (Wildman–Crippen LogP) is 3.30. The van der Waals surface area contributed by atoms with Crippen LogP contribution in [-0.2, 0) is 4.79 Å². The first-order valence-corrected chi connectivity index (χ1v) is 7.55. The van der Waals surface area contributed by atoms with Crippen LogP contribution in [0.15, 0.2) is 0 Å². The summed E-state index contributed by atoms with van der Waals surface area (Å²) in [5.74, 6) is 1.78. The second-order valence-corrected chi connectivity index (χ2v) is 5.96. The molecule has 2 fully saturated rings. The lowest BCUT2D eigenvalue weighted by atomic mass is 9.82. The molecule has 1 N–H and O–H groups in total. The second kappa shape index (κ2) is 6.53. The fraction of sp³-hybridized carbons (Fsp3) is 0.933. The fourth-order valence-electron chi connectivity index (χ4n) is 3.46. The molecule has 1 aliphatic carbocycles. The molecule has 0 radical (unpaired) electrons. The lowest BCUT2D eigenvalue weighted by Gasteiger charge is -2.30. The number of ketones is 1. The van der Waals surface area contributed by atoms with Crippen molar-refractivity contribution in [1.29, 1.82) is 0 Å². The normalized spacial score (nSPS) is 31.4. The Morgan fingerprint density at radius 3 is 2.65 bits per heavy atom.